The summed E-state index contributed by atoms with van der Waals surface area (Å²) in [6.07, 6.45) is 0.354. The van der Waals surface area contributed by atoms with Crippen LogP contribution in [0, 0.1) is 0 Å². The minimum absolute atomic E-state index is 0.177. The lowest BCUT2D eigenvalue weighted by Gasteiger charge is -2.36. The maximum absolute atomic E-state index is 6.41. The average Bonchev–Trinajstić information content (AvgIpc) is 3.85. The van der Waals surface area contributed by atoms with Crippen molar-refractivity contribution in [2.45, 2.75) is 17.6 Å². The van der Waals surface area contributed by atoms with Crippen molar-refractivity contribution >= 4 is 0 Å². The zero-order chi connectivity index (χ0) is 23.2. The third kappa shape index (κ3) is 3.44. The van der Waals surface area contributed by atoms with Crippen molar-refractivity contribution in [3.05, 3.63) is 119 Å². The van der Waals surface area contributed by atoms with Crippen molar-refractivity contribution in [1.29, 1.82) is 0 Å². The van der Waals surface area contributed by atoms with Gasteiger partial charge in [-0.15, -0.1) is 0 Å². The van der Waals surface area contributed by atoms with Crippen molar-refractivity contribution in [2.24, 2.45) is 0 Å². The molecule has 2 unspecified atom stereocenters. The first kappa shape index (κ1) is 20.7. The summed E-state index contributed by atoms with van der Waals surface area (Å²) in [6, 6.07) is 34.2. The molecule has 1 aliphatic carbocycles. The molecule has 0 amide bonds. The number of fused-ring (bicyclic) bond motifs is 3. The molecule has 0 bridgehead atoms. The van der Waals surface area contributed by atoms with Crippen molar-refractivity contribution < 1.29 is 18.9 Å². The molecule has 0 radical (unpaired) electrons. The molecule has 4 nitrogen and oxygen atoms in total. The smallest absolute Gasteiger partial charge is 0.124 e. The van der Waals surface area contributed by atoms with Crippen LogP contribution >= 0.6 is 0 Å². The number of hydrogen-bond donors (Lipinski definition) is 0. The fourth-order valence-electron chi connectivity index (χ4n) is 5.46. The maximum atomic E-state index is 6.41. The fraction of sp³-hybridized carbons (Fsp3) is 0.226. The van der Waals surface area contributed by atoms with Crippen LogP contribution in [0.3, 0.4) is 0 Å². The highest BCUT2D eigenvalue weighted by Gasteiger charge is 2.49. The molecule has 2 atom stereocenters. The van der Waals surface area contributed by atoms with Gasteiger partial charge in [-0.2, -0.15) is 0 Å². The molecule has 4 aromatic carbocycles. The van der Waals surface area contributed by atoms with Crippen LogP contribution in [0.15, 0.2) is 97.1 Å². The molecule has 2 heterocycles. The van der Waals surface area contributed by atoms with Crippen molar-refractivity contribution in [3.63, 3.8) is 0 Å². The van der Waals surface area contributed by atoms with Crippen LogP contribution in [-0.2, 0) is 14.9 Å². The van der Waals surface area contributed by atoms with Gasteiger partial charge in [0, 0.05) is 11.1 Å². The molecule has 35 heavy (non-hydrogen) atoms. The topological polar surface area (TPSA) is 43.5 Å². The molecule has 0 spiro atoms. The highest BCUT2D eigenvalue weighted by molar-refractivity contribution is 5.87. The van der Waals surface area contributed by atoms with Crippen molar-refractivity contribution in [1.82, 2.24) is 0 Å². The van der Waals surface area contributed by atoms with E-state index >= 15 is 0 Å². The molecule has 4 aromatic rings. The van der Waals surface area contributed by atoms with Gasteiger partial charge in [-0.3, -0.25) is 0 Å². The molecule has 2 saturated heterocycles. The molecule has 2 fully saturated rings. The molecule has 7 rings (SSSR count). The zero-order valence-corrected chi connectivity index (χ0v) is 19.4. The molecule has 0 N–H and O–H groups in total. The summed E-state index contributed by atoms with van der Waals surface area (Å²) in [7, 11) is 0. The van der Waals surface area contributed by atoms with Crippen LogP contribution in [0.5, 0.6) is 11.5 Å². The van der Waals surface area contributed by atoms with E-state index in [4.69, 9.17) is 18.9 Å². The van der Waals surface area contributed by atoms with Gasteiger partial charge in [0.2, 0.25) is 0 Å². The minimum Gasteiger partial charge on any atom is -0.490 e. The van der Waals surface area contributed by atoms with Crippen LogP contribution in [0.1, 0.15) is 22.3 Å². The van der Waals surface area contributed by atoms with Crippen LogP contribution in [-0.4, -0.2) is 38.6 Å². The molecule has 2 aliphatic heterocycles. The summed E-state index contributed by atoms with van der Waals surface area (Å²) >= 11 is 0. The monoisotopic (exact) mass is 462 g/mol. The third-order valence-corrected chi connectivity index (χ3v) is 7.19. The van der Waals surface area contributed by atoms with Crippen LogP contribution in [0.4, 0.5) is 0 Å². The molecule has 0 aromatic heterocycles. The summed E-state index contributed by atoms with van der Waals surface area (Å²) in [4.78, 5) is 0. The van der Waals surface area contributed by atoms with E-state index in [1.807, 2.05) is 12.1 Å². The SMILES string of the molecule is c1ccc(C2(c3ccccc3OCC3CO3)c3ccccc3-c3ccccc32)c(OCC2CO2)c1. The molecule has 174 valence electrons. The second kappa shape index (κ2) is 8.26. The van der Waals surface area contributed by atoms with E-state index in [-0.39, 0.29) is 12.2 Å². The van der Waals surface area contributed by atoms with Gasteiger partial charge in [0.25, 0.3) is 0 Å². The maximum Gasteiger partial charge on any atom is 0.124 e. The Hall–Kier alpha value is -3.60. The lowest BCUT2D eigenvalue weighted by atomic mass is 9.67. The molecule has 0 saturated carbocycles. The predicted molar refractivity (Wildman–Crippen MR) is 134 cm³/mol. The van der Waals surface area contributed by atoms with E-state index in [9.17, 15) is 0 Å². The van der Waals surface area contributed by atoms with E-state index < -0.39 is 5.41 Å². The van der Waals surface area contributed by atoms with Gasteiger partial charge in [-0.25, -0.2) is 0 Å². The van der Waals surface area contributed by atoms with Gasteiger partial charge < -0.3 is 18.9 Å². The van der Waals surface area contributed by atoms with Crippen molar-refractivity contribution in [2.75, 3.05) is 26.4 Å². The van der Waals surface area contributed by atoms with E-state index in [2.05, 4.69) is 84.9 Å². The van der Waals surface area contributed by atoms with E-state index in [1.54, 1.807) is 0 Å². The van der Waals surface area contributed by atoms with Crippen LogP contribution in [0.25, 0.3) is 11.1 Å². The van der Waals surface area contributed by atoms with Gasteiger partial charge in [0.05, 0.1) is 18.6 Å². The Morgan fingerprint density at radius 3 is 1.34 bits per heavy atom. The largest absolute Gasteiger partial charge is 0.490 e. The number of hydrogen-bond acceptors (Lipinski definition) is 4. The Bertz CT molecular complexity index is 1280. The Morgan fingerprint density at radius 2 is 0.914 bits per heavy atom. The summed E-state index contributed by atoms with van der Waals surface area (Å²) < 4.78 is 23.7. The molecular formula is C31H26O4. The summed E-state index contributed by atoms with van der Waals surface area (Å²) in [5, 5.41) is 0. The zero-order valence-electron chi connectivity index (χ0n) is 19.4. The van der Waals surface area contributed by atoms with Gasteiger partial charge in [0.1, 0.15) is 36.9 Å². The van der Waals surface area contributed by atoms with Crippen molar-refractivity contribution in [3.8, 4) is 22.6 Å². The first-order valence-electron chi connectivity index (χ1n) is 12.2. The highest BCUT2D eigenvalue weighted by atomic mass is 16.6. The number of ether oxygens (including phenoxy) is 4. The number of benzene rings is 4. The third-order valence-electron chi connectivity index (χ3n) is 7.19. The highest BCUT2D eigenvalue weighted by Crippen LogP contribution is 2.59. The predicted octanol–water partition coefficient (Wildman–Crippen LogP) is 5.60. The number of epoxide rings is 2. The van der Waals surface area contributed by atoms with Crippen LogP contribution in [0.2, 0.25) is 0 Å². The second-order valence-electron chi connectivity index (χ2n) is 9.37. The van der Waals surface area contributed by atoms with Gasteiger partial charge in [0.15, 0.2) is 0 Å². The Morgan fingerprint density at radius 1 is 0.543 bits per heavy atom. The Labute approximate surface area is 205 Å². The quantitative estimate of drug-likeness (QED) is 0.281. The van der Waals surface area contributed by atoms with E-state index in [1.165, 1.54) is 22.3 Å². The normalized spacial score (nSPS) is 20.6. The lowest BCUT2D eigenvalue weighted by molar-refractivity contribution is 0.256. The second-order valence-corrected chi connectivity index (χ2v) is 9.37. The fourth-order valence-corrected chi connectivity index (χ4v) is 5.46. The molecular weight excluding hydrogens is 436 g/mol. The summed E-state index contributed by atoms with van der Waals surface area (Å²) in [5.74, 6) is 1.74. The Kier molecular flexibility index (Phi) is 4.90. The van der Waals surface area contributed by atoms with Gasteiger partial charge in [-0.1, -0.05) is 84.9 Å². The van der Waals surface area contributed by atoms with E-state index in [0.717, 1.165) is 35.8 Å². The Balaban J connectivity index is 1.51. The first-order valence-corrected chi connectivity index (χ1v) is 12.2. The van der Waals surface area contributed by atoms with Crippen LogP contribution < -0.4 is 9.47 Å². The number of rotatable bonds is 8. The summed E-state index contributed by atoms with van der Waals surface area (Å²) in [5.41, 5.74) is 6.58. The van der Waals surface area contributed by atoms with Gasteiger partial charge >= 0.3 is 0 Å². The standard InChI is InChI=1S/C31H26O4/c1-3-11-25-23(9-1)24-10-2-4-12-26(24)31(25,27-13-5-7-15-29(27)34-19-21-17-32-21)28-14-6-8-16-30(28)35-20-22-18-33-22/h1-16,21-22H,17-20H2. The molecule has 3 aliphatic rings. The van der Waals surface area contributed by atoms with Gasteiger partial charge in [-0.05, 0) is 34.4 Å². The average molecular weight is 463 g/mol. The number of para-hydroxylation sites is 2. The summed E-state index contributed by atoms with van der Waals surface area (Å²) in [6.45, 7) is 2.62. The van der Waals surface area contributed by atoms with E-state index in [0.29, 0.717) is 13.2 Å². The first-order chi connectivity index (χ1) is 17.4. The minimum atomic E-state index is -0.588. The lowest BCUT2D eigenvalue weighted by Crippen LogP contribution is -2.30. The molecule has 4 heteroatoms.